The standard InChI is InChI=1S/C19H22N2O3/c1-3-10-24-19(23)16-12(2)21-14-7-4-8-15(22)18(14)17(16)13-6-5-9-20-11-13/h5-6,9,11,17-18H,3-4,7-8,10H2,1-2H3/t17-,18-/m0/s1. The molecule has 0 radical (unpaired) electrons. The summed E-state index contributed by atoms with van der Waals surface area (Å²) in [7, 11) is 0. The molecule has 0 unspecified atom stereocenters. The smallest absolute Gasteiger partial charge is 0.336 e. The maximum absolute atomic E-state index is 12.7. The Morgan fingerprint density at radius 1 is 1.33 bits per heavy atom. The number of hydrogen-bond acceptors (Lipinski definition) is 5. The zero-order chi connectivity index (χ0) is 17.1. The molecule has 0 aromatic carbocycles. The van der Waals surface area contributed by atoms with Crippen LogP contribution in [0.1, 0.15) is 51.0 Å². The van der Waals surface area contributed by atoms with Crippen molar-refractivity contribution in [3.8, 4) is 0 Å². The van der Waals surface area contributed by atoms with Gasteiger partial charge in [-0.1, -0.05) is 13.0 Å². The quantitative estimate of drug-likeness (QED) is 0.797. The van der Waals surface area contributed by atoms with Gasteiger partial charge in [-0.2, -0.15) is 0 Å². The number of Topliss-reactive ketones (excluding diaryl/α,β-unsaturated/α-hetero) is 1. The second-order valence-electron chi connectivity index (χ2n) is 6.30. The van der Waals surface area contributed by atoms with E-state index in [-0.39, 0.29) is 23.6 Å². The highest BCUT2D eigenvalue weighted by Gasteiger charge is 2.43. The summed E-state index contributed by atoms with van der Waals surface area (Å²) in [6, 6.07) is 3.75. The van der Waals surface area contributed by atoms with Crippen molar-refractivity contribution in [1.82, 2.24) is 4.98 Å². The SMILES string of the molecule is CCCOC(=O)C1=C(C)N=C2CCCC(=O)[C@H]2[C@H]1c1cccnc1. The van der Waals surface area contributed by atoms with E-state index in [1.807, 2.05) is 26.0 Å². The number of aliphatic imine (C=N–C) groups is 1. The highest BCUT2D eigenvalue weighted by Crippen LogP contribution is 2.42. The van der Waals surface area contributed by atoms with Crippen LogP contribution in [0.3, 0.4) is 0 Å². The van der Waals surface area contributed by atoms with Crippen LogP contribution >= 0.6 is 0 Å². The molecule has 1 fully saturated rings. The molecule has 24 heavy (non-hydrogen) atoms. The Kier molecular flexibility index (Phi) is 4.88. The lowest BCUT2D eigenvalue weighted by atomic mass is 9.70. The Morgan fingerprint density at radius 2 is 2.17 bits per heavy atom. The molecule has 2 heterocycles. The summed E-state index contributed by atoms with van der Waals surface area (Å²) in [5, 5.41) is 0. The molecule has 126 valence electrons. The molecule has 0 bridgehead atoms. The Bertz CT molecular complexity index is 707. The van der Waals surface area contributed by atoms with Crippen LogP contribution < -0.4 is 0 Å². The van der Waals surface area contributed by atoms with Crippen LogP contribution in [0.15, 0.2) is 40.8 Å². The number of fused-ring (bicyclic) bond motifs is 1. The lowest BCUT2D eigenvalue weighted by Gasteiger charge is -2.35. The molecule has 1 aliphatic carbocycles. The largest absolute Gasteiger partial charge is 0.462 e. The molecule has 1 aliphatic heterocycles. The van der Waals surface area contributed by atoms with E-state index in [1.54, 1.807) is 12.4 Å². The van der Waals surface area contributed by atoms with E-state index in [9.17, 15) is 9.59 Å². The average molecular weight is 326 g/mol. The van der Waals surface area contributed by atoms with Crippen LogP contribution in [0.4, 0.5) is 0 Å². The fourth-order valence-electron chi connectivity index (χ4n) is 3.58. The summed E-state index contributed by atoms with van der Waals surface area (Å²) >= 11 is 0. The number of carbonyl (C=O) groups excluding carboxylic acids is 2. The lowest BCUT2D eigenvalue weighted by Crippen LogP contribution is -2.39. The molecular formula is C19H22N2O3. The molecular weight excluding hydrogens is 304 g/mol. The van der Waals surface area contributed by atoms with E-state index in [4.69, 9.17) is 4.74 Å². The van der Waals surface area contributed by atoms with Gasteiger partial charge in [0.1, 0.15) is 5.78 Å². The molecule has 0 spiro atoms. The number of aromatic nitrogens is 1. The maximum atomic E-state index is 12.7. The van der Waals surface area contributed by atoms with Gasteiger partial charge in [-0.3, -0.25) is 14.8 Å². The second kappa shape index (κ2) is 7.07. The van der Waals surface area contributed by atoms with Crippen molar-refractivity contribution in [2.24, 2.45) is 10.9 Å². The summed E-state index contributed by atoms with van der Waals surface area (Å²) in [5.41, 5.74) is 2.92. The van der Waals surface area contributed by atoms with Gasteiger partial charge in [-0.25, -0.2) is 4.79 Å². The molecule has 5 nitrogen and oxygen atoms in total. The van der Waals surface area contributed by atoms with Gasteiger partial charge in [0.15, 0.2) is 0 Å². The fraction of sp³-hybridized carbons (Fsp3) is 0.474. The highest BCUT2D eigenvalue weighted by molar-refractivity contribution is 6.11. The van der Waals surface area contributed by atoms with Gasteiger partial charge >= 0.3 is 5.97 Å². The van der Waals surface area contributed by atoms with Crippen molar-refractivity contribution < 1.29 is 14.3 Å². The first kappa shape index (κ1) is 16.6. The number of allylic oxidation sites excluding steroid dienone is 1. The summed E-state index contributed by atoms with van der Waals surface area (Å²) in [6.45, 7) is 4.15. The van der Waals surface area contributed by atoms with Crippen molar-refractivity contribution in [1.29, 1.82) is 0 Å². The van der Waals surface area contributed by atoms with Gasteiger partial charge in [0.25, 0.3) is 0 Å². The van der Waals surface area contributed by atoms with E-state index in [0.717, 1.165) is 30.5 Å². The van der Waals surface area contributed by atoms with Gasteiger partial charge in [0.05, 0.1) is 18.1 Å². The van der Waals surface area contributed by atoms with Gasteiger partial charge in [-0.05, 0) is 37.8 Å². The minimum absolute atomic E-state index is 0.155. The predicted octanol–water partition coefficient (Wildman–Crippen LogP) is 3.22. The van der Waals surface area contributed by atoms with Gasteiger partial charge in [0.2, 0.25) is 0 Å². The summed E-state index contributed by atoms with van der Waals surface area (Å²) < 4.78 is 5.37. The highest BCUT2D eigenvalue weighted by atomic mass is 16.5. The van der Waals surface area contributed by atoms with Gasteiger partial charge < -0.3 is 4.74 Å². The maximum Gasteiger partial charge on any atom is 0.336 e. The van der Waals surface area contributed by atoms with Crippen molar-refractivity contribution >= 4 is 17.5 Å². The van der Waals surface area contributed by atoms with E-state index in [0.29, 0.717) is 24.3 Å². The van der Waals surface area contributed by atoms with Crippen LogP contribution in [-0.4, -0.2) is 29.1 Å². The number of ketones is 1. The van der Waals surface area contributed by atoms with Gasteiger partial charge in [0, 0.05) is 36.1 Å². The van der Waals surface area contributed by atoms with Crippen molar-refractivity contribution in [3.05, 3.63) is 41.4 Å². The van der Waals surface area contributed by atoms with Gasteiger partial charge in [-0.15, -0.1) is 0 Å². The number of hydrogen-bond donors (Lipinski definition) is 0. The molecule has 3 rings (SSSR count). The monoisotopic (exact) mass is 326 g/mol. The minimum atomic E-state index is -0.371. The number of carbonyl (C=O) groups is 2. The summed E-state index contributed by atoms with van der Waals surface area (Å²) in [4.78, 5) is 34.0. The molecule has 0 saturated heterocycles. The first-order valence-electron chi connectivity index (χ1n) is 8.51. The van der Waals surface area contributed by atoms with Crippen LogP contribution in [0, 0.1) is 5.92 Å². The number of esters is 1. The molecule has 0 amide bonds. The van der Waals surface area contributed by atoms with Crippen molar-refractivity contribution in [3.63, 3.8) is 0 Å². The van der Waals surface area contributed by atoms with E-state index in [1.165, 1.54) is 0 Å². The zero-order valence-corrected chi connectivity index (χ0v) is 14.1. The number of pyridine rings is 1. The van der Waals surface area contributed by atoms with E-state index < -0.39 is 0 Å². The Balaban J connectivity index is 2.09. The average Bonchev–Trinajstić information content (AvgIpc) is 2.59. The van der Waals surface area contributed by atoms with Crippen LogP contribution in [0.2, 0.25) is 0 Å². The molecule has 1 saturated carbocycles. The first-order valence-corrected chi connectivity index (χ1v) is 8.51. The third kappa shape index (κ3) is 3.03. The fourth-order valence-corrected chi connectivity index (χ4v) is 3.58. The lowest BCUT2D eigenvalue weighted by molar-refractivity contribution is -0.139. The molecule has 2 aliphatic rings. The second-order valence-corrected chi connectivity index (χ2v) is 6.30. The molecule has 2 atom stereocenters. The topological polar surface area (TPSA) is 68.6 Å². The number of ether oxygens (including phenoxy) is 1. The third-order valence-electron chi connectivity index (χ3n) is 4.61. The molecule has 5 heteroatoms. The van der Waals surface area contributed by atoms with Crippen molar-refractivity contribution in [2.75, 3.05) is 6.61 Å². The summed E-state index contributed by atoms with van der Waals surface area (Å²) in [6.07, 6.45) is 6.35. The van der Waals surface area contributed by atoms with Crippen LogP contribution in [0.25, 0.3) is 0 Å². The Labute approximate surface area is 141 Å². The van der Waals surface area contributed by atoms with E-state index in [2.05, 4.69) is 9.98 Å². The molecule has 1 aromatic heterocycles. The number of nitrogens with zero attached hydrogens (tertiary/aromatic N) is 2. The van der Waals surface area contributed by atoms with E-state index >= 15 is 0 Å². The normalized spacial score (nSPS) is 23.6. The minimum Gasteiger partial charge on any atom is -0.462 e. The zero-order valence-electron chi connectivity index (χ0n) is 14.1. The predicted molar refractivity (Wildman–Crippen MR) is 90.7 cm³/mol. The van der Waals surface area contributed by atoms with Crippen LogP contribution in [0.5, 0.6) is 0 Å². The van der Waals surface area contributed by atoms with Crippen LogP contribution in [-0.2, 0) is 14.3 Å². The third-order valence-corrected chi connectivity index (χ3v) is 4.61. The first-order chi connectivity index (χ1) is 11.6. The molecule has 0 N–H and O–H groups in total. The Hall–Kier alpha value is -2.30. The number of rotatable bonds is 4. The summed E-state index contributed by atoms with van der Waals surface area (Å²) in [5.74, 6) is -0.925. The molecule has 1 aromatic rings. The Morgan fingerprint density at radius 3 is 2.88 bits per heavy atom. The van der Waals surface area contributed by atoms with Crippen molar-refractivity contribution in [2.45, 2.75) is 45.4 Å².